The van der Waals surface area contributed by atoms with Gasteiger partial charge in [0, 0.05) is 30.9 Å². The number of nitrogens with one attached hydrogen (secondary N) is 2. The number of halogens is 1. The van der Waals surface area contributed by atoms with Crippen molar-refractivity contribution in [3.63, 3.8) is 0 Å². The molecular weight excluding hydrogens is 457 g/mol. The van der Waals surface area contributed by atoms with Crippen molar-refractivity contribution in [1.82, 2.24) is 10.6 Å². The van der Waals surface area contributed by atoms with E-state index < -0.39 is 0 Å². The van der Waals surface area contributed by atoms with Crippen LogP contribution >= 0.6 is 35.3 Å². The summed E-state index contributed by atoms with van der Waals surface area (Å²) in [5.41, 5.74) is 1.21. The van der Waals surface area contributed by atoms with Crippen LogP contribution in [0.4, 0.5) is 0 Å². The van der Waals surface area contributed by atoms with E-state index >= 15 is 0 Å². The predicted octanol–water partition coefficient (Wildman–Crippen LogP) is 4.52. The molecule has 2 rings (SSSR count). The molecule has 144 valence electrons. The molecule has 0 fully saturated rings. The molecule has 0 bridgehead atoms. The summed E-state index contributed by atoms with van der Waals surface area (Å²) in [7, 11) is 3.53. The molecule has 1 heterocycles. The number of ether oxygens (including phenoxy) is 1. The first-order valence-electron chi connectivity index (χ1n) is 8.73. The van der Waals surface area contributed by atoms with Gasteiger partial charge in [0.1, 0.15) is 5.75 Å². The zero-order valence-electron chi connectivity index (χ0n) is 16.0. The quantitative estimate of drug-likeness (QED) is 0.327. The van der Waals surface area contributed by atoms with Crippen LogP contribution in [0.1, 0.15) is 30.2 Å². The minimum absolute atomic E-state index is 0. The number of rotatable bonds is 8. The van der Waals surface area contributed by atoms with E-state index in [4.69, 9.17) is 4.74 Å². The molecule has 26 heavy (non-hydrogen) atoms. The minimum atomic E-state index is 0. The molecule has 0 saturated carbocycles. The van der Waals surface area contributed by atoms with E-state index in [1.54, 1.807) is 7.11 Å². The number of hydrogen-bond acceptors (Lipinski definition) is 3. The third-order valence-corrected chi connectivity index (χ3v) is 5.12. The summed E-state index contributed by atoms with van der Waals surface area (Å²) in [5.74, 6) is 2.67. The zero-order valence-corrected chi connectivity index (χ0v) is 19.1. The van der Waals surface area contributed by atoms with Gasteiger partial charge in [0.2, 0.25) is 0 Å². The van der Waals surface area contributed by atoms with Gasteiger partial charge < -0.3 is 15.4 Å². The Morgan fingerprint density at radius 3 is 2.50 bits per heavy atom. The molecule has 0 radical (unpaired) electrons. The highest BCUT2D eigenvalue weighted by atomic mass is 127. The molecule has 2 N–H and O–H groups in total. The molecule has 0 amide bonds. The van der Waals surface area contributed by atoms with Gasteiger partial charge in [0.05, 0.1) is 7.11 Å². The van der Waals surface area contributed by atoms with E-state index in [1.807, 2.05) is 36.6 Å². The molecule has 1 aromatic carbocycles. The van der Waals surface area contributed by atoms with Crippen LogP contribution in [0.5, 0.6) is 5.75 Å². The van der Waals surface area contributed by atoms with E-state index in [0.29, 0.717) is 11.8 Å². The lowest BCUT2D eigenvalue weighted by Crippen LogP contribution is -2.41. The Hall–Kier alpha value is -1.28. The average molecular weight is 487 g/mol. The highest BCUT2D eigenvalue weighted by Crippen LogP contribution is 2.25. The molecular formula is C20H30IN3OS. The number of guanidine groups is 1. The third-order valence-electron chi connectivity index (χ3n) is 4.22. The number of para-hydroxylation sites is 1. The molecule has 0 saturated heterocycles. The standard InChI is InChI=1S/C20H29N3OS.HI/c1-15(12-17-8-7-11-25-17)13-22-20(21-3)23-14-16(2)18-9-5-6-10-19(18)24-4;/h5-11,15-16H,12-14H2,1-4H3,(H2,21,22,23);1H. The summed E-state index contributed by atoms with van der Waals surface area (Å²) in [6.07, 6.45) is 1.10. The fraction of sp³-hybridized carbons (Fsp3) is 0.450. The normalized spacial score (nSPS) is 13.5. The van der Waals surface area contributed by atoms with Gasteiger partial charge in [-0.05, 0) is 35.4 Å². The van der Waals surface area contributed by atoms with Gasteiger partial charge in [-0.25, -0.2) is 0 Å². The van der Waals surface area contributed by atoms with E-state index in [9.17, 15) is 0 Å². The van der Waals surface area contributed by atoms with Crippen LogP contribution in [-0.4, -0.2) is 33.2 Å². The lowest BCUT2D eigenvalue weighted by Gasteiger charge is -2.19. The van der Waals surface area contributed by atoms with Crippen molar-refractivity contribution in [1.29, 1.82) is 0 Å². The van der Waals surface area contributed by atoms with Crippen LogP contribution in [0.15, 0.2) is 46.8 Å². The van der Waals surface area contributed by atoms with Crippen molar-refractivity contribution in [2.45, 2.75) is 26.2 Å². The third kappa shape index (κ3) is 7.15. The van der Waals surface area contributed by atoms with Crippen molar-refractivity contribution in [2.24, 2.45) is 10.9 Å². The molecule has 6 heteroatoms. The Kier molecular flexibility index (Phi) is 10.7. The van der Waals surface area contributed by atoms with Crippen LogP contribution < -0.4 is 15.4 Å². The molecule has 2 unspecified atom stereocenters. The summed E-state index contributed by atoms with van der Waals surface area (Å²) in [6.45, 7) is 6.16. The fourth-order valence-electron chi connectivity index (χ4n) is 2.77. The Labute approximate surface area is 178 Å². The van der Waals surface area contributed by atoms with E-state index in [-0.39, 0.29) is 24.0 Å². The fourth-order valence-corrected chi connectivity index (χ4v) is 3.64. The second-order valence-corrected chi connectivity index (χ2v) is 7.40. The van der Waals surface area contributed by atoms with E-state index in [2.05, 4.69) is 53.1 Å². The van der Waals surface area contributed by atoms with Gasteiger partial charge in [-0.1, -0.05) is 38.1 Å². The molecule has 1 aromatic heterocycles. The summed E-state index contributed by atoms with van der Waals surface area (Å²) < 4.78 is 5.46. The number of nitrogens with zero attached hydrogens (tertiary/aromatic N) is 1. The number of hydrogen-bond donors (Lipinski definition) is 2. The van der Waals surface area contributed by atoms with Crippen LogP contribution in [0.3, 0.4) is 0 Å². The maximum atomic E-state index is 5.46. The van der Waals surface area contributed by atoms with Crippen molar-refractivity contribution in [3.8, 4) is 5.75 Å². The number of methoxy groups -OCH3 is 1. The summed E-state index contributed by atoms with van der Waals surface area (Å²) in [6, 6.07) is 12.5. The molecule has 0 aliphatic carbocycles. The Bertz CT molecular complexity index is 661. The molecule has 2 atom stereocenters. The molecule has 4 nitrogen and oxygen atoms in total. The van der Waals surface area contributed by atoms with Gasteiger partial charge in [-0.15, -0.1) is 35.3 Å². The monoisotopic (exact) mass is 487 g/mol. The number of aliphatic imine (C=N–C) groups is 1. The first kappa shape index (κ1) is 22.8. The first-order chi connectivity index (χ1) is 12.1. The lowest BCUT2D eigenvalue weighted by molar-refractivity contribution is 0.406. The summed E-state index contributed by atoms with van der Waals surface area (Å²) in [4.78, 5) is 5.76. The second kappa shape index (κ2) is 12.2. The SMILES string of the molecule is CN=C(NCC(C)Cc1cccs1)NCC(C)c1ccccc1OC.I. The van der Waals surface area contributed by atoms with E-state index in [1.165, 1.54) is 10.4 Å². The van der Waals surface area contributed by atoms with Crippen molar-refractivity contribution >= 4 is 41.3 Å². The van der Waals surface area contributed by atoms with Gasteiger partial charge in [-0.2, -0.15) is 0 Å². The maximum Gasteiger partial charge on any atom is 0.191 e. The molecule has 0 aliphatic heterocycles. The largest absolute Gasteiger partial charge is 0.496 e. The number of benzene rings is 1. The Balaban J connectivity index is 0.00000338. The highest BCUT2D eigenvalue weighted by Gasteiger charge is 2.12. The molecule has 2 aromatic rings. The molecule has 0 spiro atoms. The van der Waals surface area contributed by atoms with Gasteiger partial charge in [0.25, 0.3) is 0 Å². The Morgan fingerprint density at radius 2 is 1.85 bits per heavy atom. The number of thiophene rings is 1. The van der Waals surface area contributed by atoms with E-state index in [0.717, 1.165) is 31.2 Å². The van der Waals surface area contributed by atoms with Crippen LogP contribution in [0.2, 0.25) is 0 Å². The predicted molar refractivity (Wildman–Crippen MR) is 123 cm³/mol. The summed E-state index contributed by atoms with van der Waals surface area (Å²) >= 11 is 1.82. The average Bonchev–Trinajstić information content (AvgIpc) is 3.14. The van der Waals surface area contributed by atoms with Crippen molar-refractivity contribution in [3.05, 3.63) is 52.2 Å². The second-order valence-electron chi connectivity index (χ2n) is 6.37. The lowest BCUT2D eigenvalue weighted by atomic mass is 10.0. The topological polar surface area (TPSA) is 45.7 Å². The zero-order chi connectivity index (χ0) is 18.1. The van der Waals surface area contributed by atoms with Crippen LogP contribution in [0, 0.1) is 5.92 Å². The maximum absolute atomic E-state index is 5.46. The van der Waals surface area contributed by atoms with Gasteiger partial charge in [-0.3, -0.25) is 4.99 Å². The van der Waals surface area contributed by atoms with Crippen LogP contribution in [-0.2, 0) is 6.42 Å². The van der Waals surface area contributed by atoms with Gasteiger partial charge in [0.15, 0.2) is 5.96 Å². The van der Waals surface area contributed by atoms with Gasteiger partial charge >= 0.3 is 0 Å². The minimum Gasteiger partial charge on any atom is -0.496 e. The smallest absolute Gasteiger partial charge is 0.191 e. The van der Waals surface area contributed by atoms with Crippen molar-refractivity contribution < 1.29 is 4.74 Å². The Morgan fingerprint density at radius 1 is 1.12 bits per heavy atom. The van der Waals surface area contributed by atoms with Crippen molar-refractivity contribution in [2.75, 3.05) is 27.2 Å². The molecule has 0 aliphatic rings. The first-order valence-corrected chi connectivity index (χ1v) is 9.61. The highest BCUT2D eigenvalue weighted by molar-refractivity contribution is 14.0. The summed E-state index contributed by atoms with van der Waals surface area (Å²) in [5, 5.41) is 8.98. The van der Waals surface area contributed by atoms with Crippen LogP contribution in [0.25, 0.3) is 0 Å².